The van der Waals surface area contributed by atoms with Gasteiger partial charge in [0.2, 0.25) is 5.79 Å². The predicted octanol–water partition coefficient (Wildman–Crippen LogP) is 9.23. The van der Waals surface area contributed by atoms with Crippen LogP contribution in [0.1, 0.15) is 11.1 Å². The minimum atomic E-state index is -1.07. The number of ether oxygens (including phenoxy) is 4. The summed E-state index contributed by atoms with van der Waals surface area (Å²) in [6.07, 6.45) is 0. The molecule has 5 heteroatoms. The minimum Gasteiger partial charge on any atom is -0.497 e. The minimum absolute atomic E-state index is 0.203. The number of methoxy groups -OCH3 is 3. The fourth-order valence-corrected chi connectivity index (χ4v) is 7.40. The van der Waals surface area contributed by atoms with Gasteiger partial charge >= 0.3 is 0 Å². The molecule has 0 bridgehead atoms. The van der Waals surface area contributed by atoms with Crippen molar-refractivity contribution in [1.29, 1.82) is 0 Å². The van der Waals surface area contributed by atoms with Gasteiger partial charge < -0.3 is 18.9 Å². The molecule has 6 aromatic rings. The average Bonchev–Trinajstić information content (AvgIpc) is 3.08. The van der Waals surface area contributed by atoms with Crippen LogP contribution in [0.4, 0.5) is 0 Å². The van der Waals surface area contributed by atoms with Crippen LogP contribution in [0.3, 0.4) is 0 Å². The van der Waals surface area contributed by atoms with Crippen molar-refractivity contribution in [2.45, 2.75) is 20.5 Å². The van der Waals surface area contributed by atoms with Crippen LogP contribution in [0.25, 0.3) is 10.8 Å². The van der Waals surface area contributed by atoms with Crippen LogP contribution < -0.4 is 9.47 Å². The first-order valence-electron chi connectivity index (χ1n) is 14.0. The Bertz CT molecular complexity index is 1740. The lowest BCUT2D eigenvalue weighted by Crippen LogP contribution is -2.32. The molecule has 0 aliphatic rings. The zero-order chi connectivity index (χ0) is 29.6. The predicted molar refractivity (Wildman–Crippen MR) is 173 cm³/mol. The molecule has 0 atom stereocenters. The molecule has 6 aromatic carbocycles. The first-order valence-corrected chi connectivity index (χ1v) is 15.3. The van der Waals surface area contributed by atoms with E-state index in [-0.39, 0.29) is 10.9 Å². The van der Waals surface area contributed by atoms with Gasteiger partial charge in [-0.3, -0.25) is 0 Å². The lowest BCUT2D eigenvalue weighted by molar-refractivity contribution is -0.183. The molecule has 0 aliphatic heterocycles. The largest absolute Gasteiger partial charge is 0.497 e. The van der Waals surface area contributed by atoms with Crippen molar-refractivity contribution >= 4 is 21.7 Å². The Morgan fingerprint density at radius 1 is 0.442 bits per heavy atom. The Hall–Kier alpha value is -4.55. The van der Waals surface area contributed by atoms with Crippen LogP contribution in [0.5, 0.6) is 17.2 Å². The molecule has 0 fully saturated rings. The van der Waals surface area contributed by atoms with Gasteiger partial charge in [0.1, 0.15) is 17.2 Å². The van der Waals surface area contributed by atoms with E-state index in [9.17, 15) is 0 Å². The highest BCUT2D eigenvalue weighted by atomic mass is 32.2. The lowest BCUT2D eigenvalue weighted by Gasteiger charge is -2.32. The maximum atomic E-state index is 6.25. The van der Waals surface area contributed by atoms with Gasteiger partial charge in [-0.05, 0) is 102 Å². The highest BCUT2D eigenvalue weighted by Crippen LogP contribution is 2.38. The van der Waals surface area contributed by atoms with Gasteiger partial charge in [-0.2, -0.15) is 0 Å². The van der Waals surface area contributed by atoms with E-state index >= 15 is 0 Å². The maximum Gasteiger partial charge on any atom is 0.221 e. The Morgan fingerprint density at radius 3 is 1.47 bits per heavy atom. The summed E-state index contributed by atoms with van der Waals surface area (Å²) in [7, 11) is 4.79. The second-order valence-electron chi connectivity index (χ2n) is 9.98. The van der Waals surface area contributed by atoms with Gasteiger partial charge in [-0.15, -0.1) is 0 Å². The highest BCUT2D eigenvalue weighted by molar-refractivity contribution is 7.97. The topological polar surface area (TPSA) is 36.9 Å². The second kappa shape index (κ2) is 12.8. The van der Waals surface area contributed by atoms with Crippen molar-refractivity contribution in [2.24, 2.45) is 0 Å². The zero-order valence-electron chi connectivity index (χ0n) is 24.4. The molecule has 0 radical (unpaired) electrons. The summed E-state index contributed by atoms with van der Waals surface area (Å²) in [6, 6.07) is 49.7. The van der Waals surface area contributed by atoms with Gasteiger partial charge in [-0.1, -0.05) is 54.6 Å². The molecule has 0 aromatic heterocycles. The van der Waals surface area contributed by atoms with Crippen molar-refractivity contribution in [2.75, 3.05) is 21.3 Å². The number of rotatable bonds is 10. The van der Waals surface area contributed by atoms with Gasteiger partial charge in [0.25, 0.3) is 0 Å². The van der Waals surface area contributed by atoms with E-state index in [2.05, 4.69) is 84.9 Å². The third kappa shape index (κ3) is 5.88. The van der Waals surface area contributed by atoms with Crippen molar-refractivity contribution in [1.82, 2.24) is 0 Å². The smallest absolute Gasteiger partial charge is 0.221 e. The van der Waals surface area contributed by atoms with Gasteiger partial charge in [0.15, 0.2) is 14.7 Å². The quantitative estimate of drug-likeness (QED) is 0.119. The number of benzene rings is 6. The van der Waals surface area contributed by atoms with Crippen molar-refractivity contribution < 1.29 is 18.9 Å². The van der Waals surface area contributed by atoms with E-state index in [4.69, 9.17) is 18.9 Å². The first kappa shape index (κ1) is 28.6. The molecule has 4 nitrogen and oxygen atoms in total. The van der Waals surface area contributed by atoms with Crippen LogP contribution in [-0.2, 0) is 26.2 Å². The van der Waals surface area contributed by atoms with E-state index in [0.717, 1.165) is 39.1 Å². The molecule has 0 unspecified atom stereocenters. The van der Waals surface area contributed by atoms with Crippen molar-refractivity contribution in [3.8, 4) is 17.2 Å². The van der Waals surface area contributed by atoms with Crippen LogP contribution in [-0.4, -0.2) is 21.3 Å². The first-order chi connectivity index (χ1) is 21.1. The molecule has 0 saturated heterocycles. The molecule has 214 valence electrons. The summed E-state index contributed by atoms with van der Waals surface area (Å²) in [6.45, 7) is 0. The number of hydrogen-bond donors (Lipinski definition) is 0. The summed E-state index contributed by atoms with van der Waals surface area (Å²) >= 11 is 0. The lowest BCUT2D eigenvalue weighted by atomic mass is 9.94. The fourth-order valence-electron chi connectivity index (χ4n) is 5.32. The zero-order valence-corrected chi connectivity index (χ0v) is 25.2. The summed E-state index contributed by atoms with van der Waals surface area (Å²) in [4.78, 5) is 3.80. The van der Waals surface area contributed by atoms with E-state index in [1.165, 1.54) is 14.7 Å². The van der Waals surface area contributed by atoms with Crippen molar-refractivity contribution in [3.63, 3.8) is 0 Å². The molecular formula is C38H33O4S+. The number of hydrogen-bond acceptors (Lipinski definition) is 4. The third-order valence-electron chi connectivity index (χ3n) is 7.49. The molecular weight excluding hydrogens is 552 g/mol. The third-order valence-corrected chi connectivity index (χ3v) is 9.72. The SMILES string of the molecule is COc1ccc2cc(C(OC)(OC)c3ccc(Oc4ccc([S+](c5ccccc5)c5ccccc5)cc4)cc3)ccc2c1. The Kier molecular flexibility index (Phi) is 8.47. The summed E-state index contributed by atoms with van der Waals surface area (Å²) in [5.74, 6) is 1.26. The van der Waals surface area contributed by atoms with Crippen LogP contribution in [0.15, 0.2) is 160 Å². The monoisotopic (exact) mass is 585 g/mol. The van der Waals surface area contributed by atoms with E-state index in [1.54, 1.807) is 21.3 Å². The molecule has 0 spiro atoms. The molecule has 6 rings (SSSR count). The Balaban J connectivity index is 1.24. The molecule has 0 heterocycles. The normalized spacial score (nSPS) is 11.5. The second-order valence-corrected chi connectivity index (χ2v) is 12.0. The van der Waals surface area contributed by atoms with E-state index in [1.807, 2.05) is 60.7 Å². The standard InChI is InChI=1S/C38H33O4S/c1-39-34-19-15-28-26-31(16-14-29(28)27-34)38(40-2,41-3)30-17-20-32(21-18-30)42-33-22-24-37(25-23-33)43(35-10-6-4-7-11-35)36-12-8-5-9-13-36/h4-27H,1-3H3/q+1. The number of fused-ring (bicyclic) bond motifs is 1. The summed E-state index contributed by atoms with van der Waals surface area (Å²) in [5, 5.41) is 2.15. The molecule has 0 N–H and O–H groups in total. The van der Waals surface area contributed by atoms with Gasteiger partial charge in [-0.25, -0.2) is 0 Å². The van der Waals surface area contributed by atoms with Crippen LogP contribution in [0, 0.1) is 0 Å². The van der Waals surface area contributed by atoms with Crippen LogP contribution in [0.2, 0.25) is 0 Å². The van der Waals surface area contributed by atoms with Gasteiger partial charge in [0, 0.05) is 25.3 Å². The fraction of sp³-hybridized carbons (Fsp3) is 0.105. The van der Waals surface area contributed by atoms with Crippen molar-refractivity contribution in [3.05, 3.63) is 157 Å². The van der Waals surface area contributed by atoms with E-state index < -0.39 is 5.79 Å². The molecule has 0 aliphatic carbocycles. The maximum absolute atomic E-state index is 6.25. The average molecular weight is 586 g/mol. The van der Waals surface area contributed by atoms with E-state index in [0.29, 0.717) is 0 Å². The molecule has 43 heavy (non-hydrogen) atoms. The highest BCUT2D eigenvalue weighted by Gasteiger charge is 2.35. The Morgan fingerprint density at radius 2 is 0.907 bits per heavy atom. The summed E-state index contributed by atoms with van der Waals surface area (Å²) < 4.78 is 23.7. The van der Waals surface area contributed by atoms with Crippen LogP contribution >= 0.6 is 0 Å². The summed E-state index contributed by atoms with van der Waals surface area (Å²) in [5.41, 5.74) is 1.76. The van der Waals surface area contributed by atoms with Gasteiger partial charge in [0.05, 0.1) is 18.0 Å². The molecule has 0 amide bonds. The Labute approximate surface area is 255 Å². The molecule has 0 saturated carbocycles.